The van der Waals surface area contributed by atoms with E-state index in [1.165, 1.54) is 6.08 Å². The zero-order valence-corrected chi connectivity index (χ0v) is 6.94. The Bertz CT molecular complexity index is 171. The molecule has 0 amide bonds. The van der Waals surface area contributed by atoms with Crippen LogP contribution in [0, 0.1) is 0 Å². The second kappa shape index (κ2) is 8.01. The molecule has 0 heterocycles. The fourth-order valence-corrected chi connectivity index (χ4v) is 0.687. The van der Waals surface area contributed by atoms with Crippen LogP contribution in [0.2, 0.25) is 0 Å². The lowest BCUT2D eigenvalue weighted by molar-refractivity contribution is -0.131. The maximum atomic E-state index is 9.98. The number of allylic oxidation sites excluding steroid dienone is 3. The van der Waals surface area contributed by atoms with Crippen molar-refractivity contribution in [2.45, 2.75) is 19.3 Å². The van der Waals surface area contributed by atoms with Gasteiger partial charge in [-0.15, -0.1) is 0 Å². The molecule has 0 rings (SSSR count). The van der Waals surface area contributed by atoms with E-state index in [0.29, 0.717) is 0 Å². The van der Waals surface area contributed by atoms with Gasteiger partial charge in [-0.3, -0.25) is 0 Å². The summed E-state index contributed by atoms with van der Waals surface area (Å²) in [7, 11) is 0. The molecule has 0 unspecified atom stereocenters. The summed E-state index contributed by atoms with van der Waals surface area (Å²) in [5, 5.41) is 16.6. The van der Waals surface area contributed by atoms with Gasteiger partial charge in [0.2, 0.25) is 0 Å². The van der Waals surface area contributed by atoms with Gasteiger partial charge in [-0.1, -0.05) is 18.2 Å². The van der Waals surface area contributed by atoms with E-state index in [2.05, 4.69) is 0 Å². The molecule has 0 aliphatic carbocycles. The van der Waals surface area contributed by atoms with Crippen LogP contribution < -0.4 is 0 Å². The third-order valence-corrected chi connectivity index (χ3v) is 1.26. The van der Waals surface area contributed by atoms with Crippen molar-refractivity contribution in [2.24, 2.45) is 0 Å². The number of carboxylic acids is 1. The summed E-state index contributed by atoms with van der Waals surface area (Å²) < 4.78 is 0. The Labute approximate surface area is 72.0 Å². The Morgan fingerprint density at radius 1 is 1.25 bits per heavy atom. The van der Waals surface area contributed by atoms with Gasteiger partial charge in [0, 0.05) is 12.7 Å². The van der Waals surface area contributed by atoms with Crippen LogP contribution in [-0.2, 0) is 4.79 Å². The minimum absolute atomic E-state index is 0.221. The van der Waals surface area contributed by atoms with Gasteiger partial charge >= 0.3 is 5.97 Å². The van der Waals surface area contributed by atoms with Crippen molar-refractivity contribution in [3.05, 3.63) is 24.3 Å². The molecule has 0 aromatic carbocycles. The highest BCUT2D eigenvalue weighted by molar-refractivity contribution is 5.80. The van der Waals surface area contributed by atoms with Crippen LogP contribution in [0.25, 0.3) is 0 Å². The van der Waals surface area contributed by atoms with Gasteiger partial charge in [0.1, 0.15) is 0 Å². The average Bonchev–Trinajstić information content (AvgIpc) is 2.02. The lowest BCUT2D eigenvalue weighted by Gasteiger charge is -1.89. The van der Waals surface area contributed by atoms with E-state index in [1.807, 2.05) is 6.08 Å². The molecule has 0 aromatic heterocycles. The molecule has 0 fully saturated rings. The van der Waals surface area contributed by atoms with E-state index in [4.69, 9.17) is 10.2 Å². The van der Waals surface area contributed by atoms with Crippen LogP contribution in [0.15, 0.2) is 24.3 Å². The Kier molecular flexibility index (Phi) is 7.28. The quantitative estimate of drug-likeness (QED) is 0.359. The third kappa shape index (κ3) is 8.91. The monoisotopic (exact) mass is 170 g/mol. The number of hydrogen-bond donors (Lipinski definition) is 2. The first kappa shape index (κ1) is 10.9. The fourth-order valence-electron chi connectivity index (χ4n) is 0.687. The lowest BCUT2D eigenvalue weighted by atomic mass is 10.2. The number of carbonyl (C=O) groups is 1. The highest BCUT2D eigenvalue weighted by atomic mass is 16.4. The van der Waals surface area contributed by atoms with Crippen molar-refractivity contribution >= 4 is 5.97 Å². The second-order valence-corrected chi connectivity index (χ2v) is 2.34. The van der Waals surface area contributed by atoms with Crippen LogP contribution >= 0.6 is 0 Å². The summed E-state index contributed by atoms with van der Waals surface area (Å²) in [5.41, 5.74) is 0. The molecule has 0 saturated carbocycles. The Hall–Kier alpha value is -1.09. The van der Waals surface area contributed by atoms with Gasteiger partial charge in [-0.05, 0) is 19.3 Å². The number of aliphatic hydroxyl groups excluding tert-OH is 1. The third-order valence-electron chi connectivity index (χ3n) is 1.26. The molecule has 0 aliphatic heterocycles. The van der Waals surface area contributed by atoms with E-state index >= 15 is 0 Å². The van der Waals surface area contributed by atoms with Crippen LogP contribution in [0.3, 0.4) is 0 Å². The van der Waals surface area contributed by atoms with Gasteiger partial charge in [0.15, 0.2) is 0 Å². The van der Waals surface area contributed by atoms with Crippen molar-refractivity contribution in [3.63, 3.8) is 0 Å². The first-order chi connectivity index (χ1) is 5.77. The lowest BCUT2D eigenvalue weighted by Crippen LogP contribution is -1.84. The van der Waals surface area contributed by atoms with Crippen LogP contribution in [0.5, 0.6) is 0 Å². The van der Waals surface area contributed by atoms with Crippen LogP contribution in [0.1, 0.15) is 19.3 Å². The molecule has 2 N–H and O–H groups in total. The van der Waals surface area contributed by atoms with Crippen LogP contribution in [0.4, 0.5) is 0 Å². The molecular weight excluding hydrogens is 156 g/mol. The first-order valence-corrected chi connectivity index (χ1v) is 3.94. The number of aliphatic carboxylic acids is 1. The van der Waals surface area contributed by atoms with E-state index < -0.39 is 5.97 Å². The standard InChI is InChI=1S/C9H14O3/c10-8-6-4-2-1-3-5-7-9(11)12/h1,3,5,7,10H,2,4,6,8H2,(H,11,12)/b3-1+,7-5+. The smallest absolute Gasteiger partial charge is 0.328 e. The van der Waals surface area contributed by atoms with Gasteiger partial charge in [-0.2, -0.15) is 0 Å². The second-order valence-electron chi connectivity index (χ2n) is 2.34. The molecule has 3 heteroatoms. The summed E-state index contributed by atoms with van der Waals surface area (Å²) in [6.07, 6.45) is 8.77. The zero-order valence-electron chi connectivity index (χ0n) is 6.94. The molecule has 0 spiro atoms. The molecule has 0 saturated heterocycles. The molecule has 68 valence electrons. The largest absolute Gasteiger partial charge is 0.478 e. The van der Waals surface area contributed by atoms with E-state index in [0.717, 1.165) is 25.3 Å². The molecule has 0 aliphatic rings. The summed E-state index contributed by atoms with van der Waals surface area (Å²) in [4.78, 5) is 9.98. The van der Waals surface area contributed by atoms with Crippen molar-refractivity contribution in [1.82, 2.24) is 0 Å². The molecule has 0 radical (unpaired) electrons. The Balaban J connectivity index is 3.31. The zero-order chi connectivity index (χ0) is 9.23. The maximum Gasteiger partial charge on any atom is 0.328 e. The van der Waals surface area contributed by atoms with Gasteiger partial charge in [0.25, 0.3) is 0 Å². The summed E-state index contributed by atoms with van der Waals surface area (Å²) in [6.45, 7) is 0.221. The van der Waals surface area contributed by atoms with Crippen molar-refractivity contribution in [2.75, 3.05) is 6.61 Å². The molecule has 3 nitrogen and oxygen atoms in total. The van der Waals surface area contributed by atoms with Gasteiger partial charge in [0.05, 0.1) is 0 Å². The summed E-state index contributed by atoms with van der Waals surface area (Å²) in [6, 6.07) is 0. The summed E-state index contributed by atoms with van der Waals surface area (Å²) >= 11 is 0. The number of hydrogen-bond acceptors (Lipinski definition) is 2. The van der Waals surface area contributed by atoms with Crippen molar-refractivity contribution in [1.29, 1.82) is 0 Å². The predicted octanol–water partition coefficient (Wildman–Crippen LogP) is 1.35. The molecule has 0 bridgehead atoms. The molecule has 0 aromatic rings. The molecular formula is C9H14O3. The minimum Gasteiger partial charge on any atom is -0.478 e. The van der Waals surface area contributed by atoms with E-state index in [1.54, 1.807) is 6.08 Å². The average molecular weight is 170 g/mol. The maximum absolute atomic E-state index is 9.98. The summed E-state index contributed by atoms with van der Waals surface area (Å²) in [5.74, 6) is -0.935. The number of rotatable bonds is 6. The first-order valence-electron chi connectivity index (χ1n) is 3.94. The SMILES string of the molecule is O=C(O)/C=C/C=C/CCCCO. The van der Waals surface area contributed by atoms with Crippen molar-refractivity contribution in [3.8, 4) is 0 Å². The fraction of sp³-hybridized carbons (Fsp3) is 0.444. The van der Waals surface area contributed by atoms with Crippen molar-refractivity contribution < 1.29 is 15.0 Å². The topological polar surface area (TPSA) is 57.5 Å². The molecule has 0 atom stereocenters. The minimum atomic E-state index is -0.935. The number of aliphatic hydroxyl groups is 1. The highest BCUT2D eigenvalue weighted by Gasteiger charge is 1.82. The molecule has 12 heavy (non-hydrogen) atoms. The van der Waals surface area contributed by atoms with E-state index in [9.17, 15) is 4.79 Å². The Morgan fingerprint density at radius 3 is 2.58 bits per heavy atom. The Morgan fingerprint density at radius 2 is 2.00 bits per heavy atom. The number of unbranched alkanes of at least 4 members (excludes halogenated alkanes) is 2. The van der Waals surface area contributed by atoms with Gasteiger partial charge < -0.3 is 10.2 Å². The van der Waals surface area contributed by atoms with E-state index in [-0.39, 0.29) is 6.61 Å². The normalized spacial score (nSPS) is 11.4. The predicted molar refractivity (Wildman–Crippen MR) is 46.9 cm³/mol. The van der Waals surface area contributed by atoms with Crippen LogP contribution in [-0.4, -0.2) is 22.8 Å². The number of carboxylic acid groups (broad SMARTS) is 1. The van der Waals surface area contributed by atoms with Gasteiger partial charge in [-0.25, -0.2) is 4.79 Å². The highest BCUT2D eigenvalue weighted by Crippen LogP contribution is 1.95.